The van der Waals surface area contributed by atoms with Gasteiger partial charge in [0.15, 0.2) is 0 Å². The third kappa shape index (κ3) is 6.34. The summed E-state index contributed by atoms with van der Waals surface area (Å²) < 4.78 is 19.3. The minimum absolute atomic E-state index is 0.0277. The molecule has 33 heavy (non-hydrogen) atoms. The zero-order valence-electron chi connectivity index (χ0n) is 18.6. The van der Waals surface area contributed by atoms with Gasteiger partial charge in [-0.2, -0.15) is 0 Å². The summed E-state index contributed by atoms with van der Waals surface area (Å²) >= 11 is 6.14. The maximum atomic E-state index is 14.0. The molecule has 2 fully saturated rings. The van der Waals surface area contributed by atoms with Crippen LogP contribution in [0, 0.1) is 11.7 Å². The van der Waals surface area contributed by atoms with Crippen LogP contribution in [-0.2, 0) is 22.7 Å². The Morgan fingerprint density at radius 3 is 2.45 bits per heavy atom. The third-order valence-corrected chi connectivity index (χ3v) is 6.86. The van der Waals surface area contributed by atoms with Gasteiger partial charge in [-0.1, -0.05) is 17.7 Å². The van der Waals surface area contributed by atoms with E-state index < -0.39 is 0 Å². The van der Waals surface area contributed by atoms with Gasteiger partial charge in [-0.05, 0) is 50.2 Å². The standard InChI is InChI=1S/C24H30ClFN4O3/c25-21-4-1-5-22(26)20(21)16-29-10-12-30(13-11-29)23(31)17-28-8-6-18(7-9-28)24(32)27-15-19-3-2-14-33-19/h1-5,14,18H,6-13,15-17H2,(H,27,32). The molecule has 2 aliphatic heterocycles. The topological polar surface area (TPSA) is 69.0 Å². The van der Waals surface area contributed by atoms with Gasteiger partial charge in [-0.15, -0.1) is 0 Å². The number of rotatable bonds is 7. The number of piperidine rings is 1. The molecule has 3 heterocycles. The Kier molecular flexibility index (Phi) is 8.01. The predicted molar refractivity (Wildman–Crippen MR) is 123 cm³/mol. The molecule has 0 unspecified atom stereocenters. The fourth-order valence-corrected chi connectivity index (χ4v) is 4.66. The van der Waals surface area contributed by atoms with Crippen LogP contribution in [0.25, 0.3) is 0 Å². The molecule has 0 spiro atoms. The van der Waals surface area contributed by atoms with E-state index in [1.807, 2.05) is 11.0 Å². The molecule has 2 amide bonds. The van der Waals surface area contributed by atoms with Crippen molar-refractivity contribution < 1.29 is 18.4 Å². The van der Waals surface area contributed by atoms with E-state index in [1.165, 1.54) is 6.07 Å². The largest absolute Gasteiger partial charge is 0.467 e. The number of piperazine rings is 1. The van der Waals surface area contributed by atoms with Crippen molar-refractivity contribution in [2.45, 2.75) is 25.9 Å². The number of amides is 2. The molecule has 1 N–H and O–H groups in total. The molecule has 0 atom stereocenters. The van der Waals surface area contributed by atoms with E-state index in [1.54, 1.807) is 24.5 Å². The smallest absolute Gasteiger partial charge is 0.236 e. The molecule has 0 bridgehead atoms. The number of hydrogen-bond donors (Lipinski definition) is 1. The number of furan rings is 1. The summed E-state index contributed by atoms with van der Waals surface area (Å²) in [7, 11) is 0. The van der Waals surface area contributed by atoms with E-state index in [-0.39, 0.29) is 23.5 Å². The highest BCUT2D eigenvalue weighted by Gasteiger charge is 2.28. The maximum Gasteiger partial charge on any atom is 0.236 e. The monoisotopic (exact) mass is 476 g/mol. The maximum absolute atomic E-state index is 14.0. The molecule has 9 heteroatoms. The fourth-order valence-electron chi connectivity index (χ4n) is 4.44. The highest BCUT2D eigenvalue weighted by molar-refractivity contribution is 6.31. The number of carbonyl (C=O) groups is 2. The zero-order valence-corrected chi connectivity index (χ0v) is 19.4. The molecule has 0 radical (unpaired) electrons. The number of carbonyl (C=O) groups excluding carboxylic acids is 2. The second-order valence-corrected chi connectivity index (χ2v) is 9.11. The SMILES string of the molecule is O=C(NCc1ccco1)C1CCN(CC(=O)N2CCN(Cc3c(F)cccc3Cl)CC2)CC1. The lowest BCUT2D eigenvalue weighted by Gasteiger charge is -2.37. The average Bonchev–Trinajstić information content (AvgIpc) is 3.35. The van der Waals surface area contributed by atoms with E-state index in [9.17, 15) is 14.0 Å². The normalized spacial score (nSPS) is 18.4. The molecule has 4 rings (SSSR count). The lowest BCUT2D eigenvalue weighted by Crippen LogP contribution is -2.52. The summed E-state index contributed by atoms with van der Waals surface area (Å²) in [4.78, 5) is 31.3. The predicted octanol–water partition coefficient (Wildman–Crippen LogP) is 2.74. The molecule has 0 aliphatic carbocycles. The van der Waals surface area contributed by atoms with Crippen molar-refractivity contribution in [2.24, 2.45) is 5.92 Å². The second kappa shape index (κ2) is 11.1. The molecule has 0 saturated carbocycles. The van der Waals surface area contributed by atoms with Crippen LogP contribution in [-0.4, -0.2) is 72.3 Å². The number of likely N-dealkylation sites (tertiary alicyclic amines) is 1. The highest BCUT2D eigenvalue weighted by Crippen LogP contribution is 2.22. The van der Waals surface area contributed by atoms with Crippen LogP contribution in [0.5, 0.6) is 0 Å². The van der Waals surface area contributed by atoms with Crippen molar-refractivity contribution in [2.75, 3.05) is 45.8 Å². The van der Waals surface area contributed by atoms with Crippen molar-refractivity contribution in [1.82, 2.24) is 20.0 Å². The Morgan fingerprint density at radius 1 is 1.03 bits per heavy atom. The number of benzene rings is 1. The van der Waals surface area contributed by atoms with E-state index in [2.05, 4.69) is 15.1 Å². The van der Waals surface area contributed by atoms with Crippen LogP contribution in [0.4, 0.5) is 4.39 Å². The van der Waals surface area contributed by atoms with Gasteiger partial charge in [-0.25, -0.2) is 4.39 Å². The summed E-state index contributed by atoms with van der Waals surface area (Å²) in [6, 6.07) is 8.37. The minimum Gasteiger partial charge on any atom is -0.467 e. The number of nitrogens with one attached hydrogen (secondary N) is 1. The van der Waals surface area contributed by atoms with Crippen LogP contribution < -0.4 is 5.32 Å². The Bertz CT molecular complexity index is 919. The quantitative estimate of drug-likeness (QED) is 0.665. The Morgan fingerprint density at radius 2 is 1.79 bits per heavy atom. The van der Waals surface area contributed by atoms with E-state index >= 15 is 0 Å². The Hall–Kier alpha value is -2.42. The second-order valence-electron chi connectivity index (χ2n) is 8.70. The van der Waals surface area contributed by atoms with E-state index in [0.717, 1.165) is 31.7 Å². The lowest BCUT2D eigenvalue weighted by atomic mass is 9.96. The van der Waals surface area contributed by atoms with Crippen LogP contribution in [0.15, 0.2) is 41.0 Å². The molecule has 2 aliphatic rings. The van der Waals surface area contributed by atoms with Crippen molar-refractivity contribution in [3.63, 3.8) is 0 Å². The number of nitrogens with zero attached hydrogens (tertiary/aromatic N) is 3. The van der Waals surface area contributed by atoms with Crippen LogP contribution in [0.2, 0.25) is 5.02 Å². The Labute approximate surface area is 198 Å². The molecular weight excluding hydrogens is 447 g/mol. The van der Waals surface area contributed by atoms with E-state index in [4.69, 9.17) is 16.0 Å². The summed E-state index contributed by atoms with van der Waals surface area (Å²) in [6.45, 7) is 5.31. The van der Waals surface area contributed by atoms with Crippen LogP contribution in [0.1, 0.15) is 24.2 Å². The lowest BCUT2D eigenvalue weighted by molar-refractivity contribution is -0.134. The van der Waals surface area contributed by atoms with Gasteiger partial charge in [0.1, 0.15) is 11.6 Å². The molecule has 2 saturated heterocycles. The van der Waals surface area contributed by atoms with Crippen molar-refractivity contribution in [1.29, 1.82) is 0 Å². The first-order valence-corrected chi connectivity index (χ1v) is 11.8. The molecule has 7 nitrogen and oxygen atoms in total. The summed E-state index contributed by atoms with van der Waals surface area (Å²) in [6.07, 6.45) is 3.08. The van der Waals surface area contributed by atoms with E-state index in [0.29, 0.717) is 56.4 Å². The van der Waals surface area contributed by atoms with Crippen molar-refractivity contribution in [3.05, 3.63) is 58.8 Å². The van der Waals surface area contributed by atoms with Gasteiger partial charge < -0.3 is 14.6 Å². The van der Waals surface area contributed by atoms with Crippen LogP contribution >= 0.6 is 11.6 Å². The average molecular weight is 477 g/mol. The number of hydrogen-bond acceptors (Lipinski definition) is 5. The molecule has 1 aromatic heterocycles. The molecule has 1 aromatic carbocycles. The van der Waals surface area contributed by atoms with Gasteiger partial charge in [0.25, 0.3) is 0 Å². The van der Waals surface area contributed by atoms with Crippen molar-refractivity contribution in [3.8, 4) is 0 Å². The Balaban J connectivity index is 1.16. The highest BCUT2D eigenvalue weighted by atomic mass is 35.5. The molecule has 2 aromatic rings. The van der Waals surface area contributed by atoms with Crippen molar-refractivity contribution >= 4 is 23.4 Å². The van der Waals surface area contributed by atoms with Gasteiger partial charge >= 0.3 is 0 Å². The summed E-state index contributed by atoms with van der Waals surface area (Å²) in [5.74, 6) is 0.574. The van der Waals surface area contributed by atoms with Gasteiger partial charge in [0, 0.05) is 49.2 Å². The minimum atomic E-state index is -0.293. The fraction of sp³-hybridized carbons (Fsp3) is 0.500. The zero-order chi connectivity index (χ0) is 23.2. The summed E-state index contributed by atoms with van der Waals surface area (Å²) in [5.41, 5.74) is 0.509. The van der Waals surface area contributed by atoms with Crippen LogP contribution in [0.3, 0.4) is 0 Å². The molecule has 178 valence electrons. The summed E-state index contributed by atoms with van der Waals surface area (Å²) in [5, 5.41) is 3.36. The first-order valence-electron chi connectivity index (χ1n) is 11.4. The number of halogens is 2. The van der Waals surface area contributed by atoms with Gasteiger partial charge in [0.05, 0.1) is 19.4 Å². The first kappa shape index (κ1) is 23.7. The molecular formula is C24H30ClFN4O3. The van der Waals surface area contributed by atoms with Gasteiger partial charge in [-0.3, -0.25) is 19.4 Å². The third-order valence-electron chi connectivity index (χ3n) is 6.50. The first-order chi connectivity index (χ1) is 16.0. The van der Waals surface area contributed by atoms with Gasteiger partial charge in [0.2, 0.25) is 11.8 Å².